The van der Waals surface area contributed by atoms with E-state index >= 15 is 0 Å². The summed E-state index contributed by atoms with van der Waals surface area (Å²) < 4.78 is 0. The van der Waals surface area contributed by atoms with Crippen molar-refractivity contribution in [3.63, 3.8) is 0 Å². The van der Waals surface area contributed by atoms with Crippen molar-refractivity contribution in [3.8, 4) is 0 Å². The first-order valence-electron chi connectivity index (χ1n) is 3.48. The van der Waals surface area contributed by atoms with Gasteiger partial charge in [0.25, 0.3) is 0 Å². The molecule has 0 radical (unpaired) electrons. The lowest BCUT2D eigenvalue weighted by Gasteiger charge is -2.25. The number of fused-ring (bicyclic) bond motifs is 1. The first-order chi connectivity index (χ1) is 4.88. The van der Waals surface area contributed by atoms with Crippen molar-refractivity contribution in [2.75, 3.05) is 0 Å². The van der Waals surface area contributed by atoms with Crippen LogP contribution in [-0.2, 0) is 0 Å². The summed E-state index contributed by atoms with van der Waals surface area (Å²) in [4.78, 5) is 2.19. The lowest BCUT2D eigenvalue weighted by molar-refractivity contribution is 0.413. The summed E-state index contributed by atoms with van der Waals surface area (Å²) in [5.41, 5.74) is 0. The number of nitrogens with zero attached hydrogens (tertiary/aromatic N) is 1. The SMILES string of the molecule is CC1C=CC=C2NC=CN21. The minimum Gasteiger partial charge on any atom is -0.347 e. The lowest BCUT2D eigenvalue weighted by Crippen LogP contribution is -2.28. The standard InChI is InChI=1S/C8H10N2/c1-7-3-2-4-8-9-5-6-10(7)8/h2-7,9H,1H3. The highest BCUT2D eigenvalue weighted by atomic mass is 15.3. The molecule has 0 aromatic heterocycles. The summed E-state index contributed by atoms with van der Waals surface area (Å²) in [6.07, 6.45) is 10.3. The number of hydrogen-bond donors (Lipinski definition) is 1. The van der Waals surface area contributed by atoms with Crippen LogP contribution < -0.4 is 5.32 Å². The Bertz CT molecular complexity index is 225. The van der Waals surface area contributed by atoms with Crippen LogP contribution in [0.4, 0.5) is 0 Å². The molecule has 0 aliphatic carbocycles. The summed E-state index contributed by atoms with van der Waals surface area (Å²) in [6.45, 7) is 2.17. The lowest BCUT2D eigenvalue weighted by atomic mass is 10.2. The quantitative estimate of drug-likeness (QED) is 0.535. The van der Waals surface area contributed by atoms with Crippen molar-refractivity contribution in [1.29, 1.82) is 0 Å². The Kier molecular flexibility index (Phi) is 1.07. The third kappa shape index (κ3) is 0.652. The molecular weight excluding hydrogens is 124 g/mol. The van der Waals surface area contributed by atoms with E-state index in [9.17, 15) is 0 Å². The molecule has 0 fully saturated rings. The molecule has 2 nitrogen and oxygen atoms in total. The van der Waals surface area contributed by atoms with Crippen LogP contribution in [0.1, 0.15) is 6.92 Å². The van der Waals surface area contributed by atoms with Crippen LogP contribution in [0.25, 0.3) is 0 Å². The van der Waals surface area contributed by atoms with Crippen molar-refractivity contribution in [2.24, 2.45) is 0 Å². The van der Waals surface area contributed by atoms with Crippen LogP contribution in [0.2, 0.25) is 0 Å². The van der Waals surface area contributed by atoms with E-state index in [2.05, 4.69) is 41.6 Å². The minimum atomic E-state index is 0.492. The monoisotopic (exact) mass is 134 g/mol. The topological polar surface area (TPSA) is 15.3 Å². The molecule has 52 valence electrons. The fraction of sp³-hybridized carbons (Fsp3) is 0.250. The average Bonchev–Trinajstić information content (AvgIpc) is 2.36. The van der Waals surface area contributed by atoms with Gasteiger partial charge in [0.1, 0.15) is 5.82 Å². The molecule has 1 unspecified atom stereocenters. The van der Waals surface area contributed by atoms with Crippen LogP contribution in [0, 0.1) is 0 Å². The van der Waals surface area contributed by atoms with Gasteiger partial charge in [-0.25, -0.2) is 0 Å². The largest absolute Gasteiger partial charge is 0.347 e. The van der Waals surface area contributed by atoms with E-state index in [1.54, 1.807) is 0 Å². The molecule has 0 bridgehead atoms. The molecule has 2 heteroatoms. The molecule has 1 N–H and O–H groups in total. The zero-order valence-corrected chi connectivity index (χ0v) is 5.91. The van der Waals surface area contributed by atoms with Gasteiger partial charge in [0.15, 0.2) is 0 Å². The van der Waals surface area contributed by atoms with E-state index in [0.29, 0.717) is 6.04 Å². The molecule has 2 aliphatic heterocycles. The maximum atomic E-state index is 3.14. The van der Waals surface area contributed by atoms with Crippen molar-refractivity contribution < 1.29 is 0 Å². The second-order valence-electron chi connectivity index (χ2n) is 2.54. The molecule has 2 aliphatic rings. The number of hydrogen-bond acceptors (Lipinski definition) is 2. The van der Waals surface area contributed by atoms with Gasteiger partial charge in [-0.2, -0.15) is 0 Å². The fourth-order valence-corrected chi connectivity index (χ4v) is 1.25. The molecule has 0 aromatic rings. The first-order valence-corrected chi connectivity index (χ1v) is 3.48. The van der Waals surface area contributed by atoms with Gasteiger partial charge in [-0.1, -0.05) is 12.2 Å². The van der Waals surface area contributed by atoms with E-state index < -0.39 is 0 Å². The number of nitrogens with one attached hydrogen (secondary N) is 1. The Hall–Kier alpha value is -1.18. The van der Waals surface area contributed by atoms with Crippen LogP contribution >= 0.6 is 0 Å². The molecular formula is C8H10N2. The van der Waals surface area contributed by atoms with Gasteiger partial charge in [-0.05, 0) is 13.0 Å². The fourth-order valence-electron chi connectivity index (χ4n) is 1.25. The van der Waals surface area contributed by atoms with Crippen molar-refractivity contribution in [1.82, 2.24) is 10.2 Å². The highest BCUT2D eigenvalue weighted by Gasteiger charge is 2.16. The Morgan fingerprint density at radius 1 is 1.60 bits per heavy atom. The van der Waals surface area contributed by atoms with Crippen LogP contribution in [-0.4, -0.2) is 10.9 Å². The predicted octanol–water partition coefficient (Wildman–Crippen LogP) is 1.16. The smallest absolute Gasteiger partial charge is 0.110 e. The highest BCUT2D eigenvalue weighted by molar-refractivity contribution is 5.25. The molecule has 0 spiro atoms. The summed E-state index contributed by atoms with van der Waals surface area (Å²) in [5, 5.41) is 3.14. The maximum Gasteiger partial charge on any atom is 0.110 e. The minimum absolute atomic E-state index is 0.492. The third-order valence-corrected chi connectivity index (χ3v) is 1.83. The number of rotatable bonds is 0. The van der Waals surface area contributed by atoms with Gasteiger partial charge in [0.05, 0.1) is 6.04 Å². The summed E-state index contributed by atoms with van der Waals surface area (Å²) in [7, 11) is 0. The number of allylic oxidation sites excluding steroid dienone is 2. The van der Waals surface area contributed by atoms with E-state index in [0.717, 1.165) is 0 Å². The van der Waals surface area contributed by atoms with Crippen LogP contribution in [0.5, 0.6) is 0 Å². The molecule has 1 atom stereocenters. The third-order valence-electron chi connectivity index (χ3n) is 1.83. The van der Waals surface area contributed by atoms with Crippen LogP contribution in [0.3, 0.4) is 0 Å². The summed E-state index contributed by atoms with van der Waals surface area (Å²) >= 11 is 0. The average molecular weight is 134 g/mol. The Morgan fingerprint density at radius 3 is 3.30 bits per heavy atom. The second kappa shape index (κ2) is 1.90. The van der Waals surface area contributed by atoms with Gasteiger partial charge in [-0.3, -0.25) is 0 Å². The summed E-state index contributed by atoms with van der Waals surface area (Å²) in [5.74, 6) is 1.18. The van der Waals surface area contributed by atoms with E-state index in [1.165, 1.54) is 5.82 Å². The molecule has 0 amide bonds. The highest BCUT2D eigenvalue weighted by Crippen LogP contribution is 2.17. The van der Waals surface area contributed by atoms with Gasteiger partial charge in [0.2, 0.25) is 0 Å². The van der Waals surface area contributed by atoms with Crippen LogP contribution in [0.15, 0.2) is 36.4 Å². The van der Waals surface area contributed by atoms with Gasteiger partial charge in [0, 0.05) is 12.4 Å². The molecule has 0 aromatic carbocycles. The Balaban J connectivity index is 2.31. The summed E-state index contributed by atoms with van der Waals surface area (Å²) in [6, 6.07) is 0.492. The maximum absolute atomic E-state index is 3.14. The van der Waals surface area contributed by atoms with Crippen molar-refractivity contribution >= 4 is 0 Å². The van der Waals surface area contributed by atoms with E-state index in [1.807, 2.05) is 6.20 Å². The molecule has 2 heterocycles. The molecule has 0 saturated carbocycles. The first kappa shape index (κ1) is 5.59. The second-order valence-corrected chi connectivity index (χ2v) is 2.54. The normalized spacial score (nSPS) is 27.9. The van der Waals surface area contributed by atoms with E-state index in [4.69, 9.17) is 0 Å². The molecule has 10 heavy (non-hydrogen) atoms. The predicted molar refractivity (Wildman–Crippen MR) is 40.8 cm³/mol. The Labute approximate surface area is 60.5 Å². The van der Waals surface area contributed by atoms with Gasteiger partial charge < -0.3 is 10.2 Å². The van der Waals surface area contributed by atoms with Crippen molar-refractivity contribution in [2.45, 2.75) is 13.0 Å². The Morgan fingerprint density at radius 2 is 2.50 bits per heavy atom. The van der Waals surface area contributed by atoms with Gasteiger partial charge >= 0.3 is 0 Å². The van der Waals surface area contributed by atoms with Crippen molar-refractivity contribution in [3.05, 3.63) is 36.4 Å². The van der Waals surface area contributed by atoms with E-state index in [-0.39, 0.29) is 0 Å². The molecule has 2 rings (SSSR count). The molecule has 0 saturated heterocycles. The zero-order chi connectivity index (χ0) is 6.97. The zero-order valence-electron chi connectivity index (χ0n) is 5.91. The van der Waals surface area contributed by atoms with Gasteiger partial charge in [-0.15, -0.1) is 0 Å².